The molecule has 50 valence electrons. The van der Waals surface area contributed by atoms with Gasteiger partial charge in [0.25, 0.3) is 0 Å². The van der Waals surface area contributed by atoms with Crippen molar-refractivity contribution in [3.05, 3.63) is 0 Å². The molecule has 0 amide bonds. The van der Waals surface area contributed by atoms with Crippen molar-refractivity contribution in [1.29, 1.82) is 0 Å². The first-order chi connectivity index (χ1) is 3.31. The van der Waals surface area contributed by atoms with E-state index >= 15 is 0 Å². The van der Waals surface area contributed by atoms with Crippen LogP contribution in [0.4, 0.5) is 0 Å². The molecule has 0 radical (unpaired) electrons. The lowest BCUT2D eigenvalue weighted by Gasteiger charge is -1.91. The van der Waals surface area contributed by atoms with Crippen LogP contribution in [-0.2, 0) is 9.53 Å². The maximum atomic E-state index is 10.2. The quantitative estimate of drug-likeness (QED) is 0.554. The molecular weight excluding hydrogens is 106 g/mol. The van der Waals surface area contributed by atoms with Crippen LogP contribution >= 0.6 is 0 Å². The van der Waals surface area contributed by atoms with Crippen molar-refractivity contribution >= 4 is 5.97 Å². The minimum Gasteiger partial charge on any atom is -0.469 e. The Balaban J connectivity index is 0. The molecular formula is C5H13NO2. The van der Waals surface area contributed by atoms with Crippen LogP contribution < -0.4 is 6.15 Å². The second-order valence-corrected chi connectivity index (χ2v) is 1.33. The van der Waals surface area contributed by atoms with E-state index in [1.165, 1.54) is 7.11 Å². The van der Waals surface area contributed by atoms with E-state index in [2.05, 4.69) is 4.74 Å². The second-order valence-electron chi connectivity index (χ2n) is 1.33. The Morgan fingerprint density at radius 2 is 2.12 bits per heavy atom. The van der Waals surface area contributed by atoms with Gasteiger partial charge in [-0.25, -0.2) is 0 Å². The lowest BCUT2D eigenvalue weighted by atomic mass is 10.3. The average Bonchev–Trinajstić information content (AvgIpc) is 1.68. The van der Waals surface area contributed by atoms with Crippen molar-refractivity contribution < 1.29 is 9.53 Å². The Morgan fingerprint density at radius 1 is 1.62 bits per heavy atom. The predicted molar refractivity (Wildman–Crippen MR) is 31.9 cm³/mol. The lowest BCUT2D eigenvalue weighted by molar-refractivity contribution is -0.140. The van der Waals surface area contributed by atoms with E-state index in [0.29, 0.717) is 6.42 Å². The molecule has 0 aromatic rings. The number of esters is 1. The summed E-state index contributed by atoms with van der Waals surface area (Å²) in [6.07, 6.45) is 1.41. The number of carbonyl (C=O) groups is 1. The van der Waals surface area contributed by atoms with E-state index in [1.807, 2.05) is 6.92 Å². The maximum absolute atomic E-state index is 10.2. The summed E-state index contributed by atoms with van der Waals surface area (Å²) < 4.78 is 4.35. The number of hydrogen-bond donors (Lipinski definition) is 1. The largest absolute Gasteiger partial charge is 0.469 e. The summed E-state index contributed by atoms with van der Waals surface area (Å²) in [5, 5.41) is 0. The summed E-state index contributed by atoms with van der Waals surface area (Å²) in [6, 6.07) is 0. The minimum absolute atomic E-state index is 0. The van der Waals surface area contributed by atoms with Crippen LogP contribution in [0.15, 0.2) is 0 Å². The normalized spacial score (nSPS) is 7.25. The van der Waals surface area contributed by atoms with Crippen molar-refractivity contribution in [3.8, 4) is 0 Å². The fraction of sp³-hybridized carbons (Fsp3) is 0.800. The van der Waals surface area contributed by atoms with E-state index in [0.717, 1.165) is 6.42 Å². The van der Waals surface area contributed by atoms with Crippen LogP contribution in [0.25, 0.3) is 0 Å². The molecule has 0 saturated heterocycles. The highest BCUT2D eigenvalue weighted by atomic mass is 16.5. The van der Waals surface area contributed by atoms with Crippen molar-refractivity contribution in [1.82, 2.24) is 6.15 Å². The van der Waals surface area contributed by atoms with Crippen molar-refractivity contribution in [2.75, 3.05) is 7.11 Å². The zero-order valence-electron chi connectivity index (χ0n) is 5.44. The summed E-state index contributed by atoms with van der Waals surface area (Å²) in [7, 11) is 1.40. The topological polar surface area (TPSA) is 61.3 Å². The van der Waals surface area contributed by atoms with Crippen molar-refractivity contribution in [2.24, 2.45) is 0 Å². The fourth-order valence-corrected chi connectivity index (χ4v) is 0.306. The highest BCUT2D eigenvalue weighted by Crippen LogP contribution is 1.86. The summed E-state index contributed by atoms with van der Waals surface area (Å²) in [5.41, 5.74) is 0. The molecule has 0 fully saturated rings. The van der Waals surface area contributed by atoms with Gasteiger partial charge in [-0.1, -0.05) is 6.92 Å². The van der Waals surface area contributed by atoms with Gasteiger partial charge in [-0.05, 0) is 6.42 Å². The smallest absolute Gasteiger partial charge is 0.305 e. The number of rotatable bonds is 2. The summed E-state index contributed by atoms with van der Waals surface area (Å²) >= 11 is 0. The first kappa shape index (κ1) is 10.4. The minimum atomic E-state index is -0.123. The molecule has 3 heteroatoms. The molecule has 0 aromatic carbocycles. The molecule has 0 spiro atoms. The van der Waals surface area contributed by atoms with Gasteiger partial charge in [0.05, 0.1) is 7.11 Å². The van der Waals surface area contributed by atoms with E-state index in [9.17, 15) is 4.79 Å². The van der Waals surface area contributed by atoms with Crippen LogP contribution in [0.3, 0.4) is 0 Å². The van der Waals surface area contributed by atoms with Gasteiger partial charge in [0, 0.05) is 6.42 Å². The van der Waals surface area contributed by atoms with E-state index in [1.54, 1.807) is 0 Å². The Hall–Kier alpha value is -0.570. The van der Waals surface area contributed by atoms with Crippen LogP contribution in [0.2, 0.25) is 0 Å². The average molecular weight is 119 g/mol. The maximum Gasteiger partial charge on any atom is 0.305 e. The number of carbonyl (C=O) groups excluding carboxylic acids is 1. The standard InChI is InChI=1S/C5H10O2.H3N/c1-3-4-5(6)7-2;/h3-4H2,1-2H3;1H3. The monoisotopic (exact) mass is 119 g/mol. The molecule has 0 bridgehead atoms. The van der Waals surface area contributed by atoms with Gasteiger partial charge in [0.1, 0.15) is 0 Å². The van der Waals surface area contributed by atoms with Gasteiger partial charge in [-0.15, -0.1) is 0 Å². The van der Waals surface area contributed by atoms with Gasteiger partial charge in [-0.3, -0.25) is 4.79 Å². The molecule has 0 rings (SSSR count). The molecule has 0 aliphatic rings. The van der Waals surface area contributed by atoms with Crippen LogP contribution in [-0.4, -0.2) is 13.1 Å². The van der Waals surface area contributed by atoms with E-state index in [4.69, 9.17) is 0 Å². The Morgan fingerprint density at radius 3 is 2.25 bits per heavy atom. The third-order valence-corrected chi connectivity index (χ3v) is 0.682. The van der Waals surface area contributed by atoms with Gasteiger partial charge in [0.15, 0.2) is 0 Å². The van der Waals surface area contributed by atoms with Gasteiger partial charge in [-0.2, -0.15) is 0 Å². The van der Waals surface area contributed by atoms with Crippen molar-refractivity contribution in [2.45, 2.75) is 19.8 Å². The third kappa shape index (κ3) is 5.43. The number of ether oxygens (including phenoxy) is 1. The highest BCUT2D eigenvalue weighted by Gasteiger charge is 1.92. The van der Waals surface area contributed by atoms with Gasteiger partial charge >= 0.3 is 5.97 Å². The Bertz CT molecular complexity index is 63.4. The highest BCUT2D eigenvalue weighted by molar-refractivity contribution is 5.68. The van der Waals surface area contributed by atoms with Crippen LogP contribution in [0.5, 0.6) is 0 Å². The SMILES string of the molecule is CCCC(=O)OC.N. The fourth-order valence-electron chi connectivity index (χ4n) is 0.306. The Kier molecular flexibility index (Phi) is 8.37. The van der Waals surface area contributed by atoms with Crippen LogP contribution in [0, 0.1) is 0 Å². The molecule has 0 aliphatic carbocycles. The second kappa shape index (κ2) is 6.43. The molecule has 0 atom stereocenters. The van der Waals surface area contributed by atoms with Gasteiger partial charge < -0.3 is 10.9 Å². The molecule has 0 aromatic heterocycles. The van der Waals surface area contributed by atoms with Gasteiger partial charge in [0.2, 0.25) is 0 Å². The number of methoxy groups -OCH3 is 1. The van der Waals surface area contributed by atoms with Crippen LogP contribution in [0.1, 0.15) is 19.8 Å². The predicted octanol–water partition coefficient (Wildman–Crippen LogP) is 1.12. The summed E-state index contributed by atoms with van der Waals surface area (Å²) in [4.78, 5) is 10.2. The third-order valence-electron chi connectivity index (χ3n) is 0.682. The molecule has 0 heterocycles. The number of hydrogen-bond acceptors (Lipinski definition) is 3. The Labute approximate surface area is 49.6 Å². The van der Waals surface area contributed by atoms with E-state index in [-0.39, 0.29) is 12.1 Å². The lowest BCUT2D eigenvalue weighted by Crippen LogP contribution is -1.97. The summed E-state index contributed by atoms with van der Waals surface area (Å²) in [5.74, 6) is -0.123. The van der Waals surface area contributed by atoms with Crippen molar-refractivity contribution in [3.63, 3.8) is 0 Å². The first-order valence-electron chi connectivity index (χ1n) is 2.38. The molecule has 3 N–H and O–H groups in total. The molecule has 0 unspecified atom stereocenters. The summed E-state index contributed by atoms with van der Waals surface area (Å²) in [6.45, 7) is 1.94. The molecule has 0 aliphatic heterocycles. The zero-order valence-corrected chi connectivity index (χ0v) is 5.44. The van der Waals surface area contributed by atoms with E-state index < -0.39 is 0 Å². The molecule has 3 nitrogen and oxygen atoms in total. The molecule has 0 saturated carbocycles. The molecule has 8 heavy (non-hydrogen) atoms. The zero-order chi connectivity index (χ0) is 5.70. The first-order valence-corrected chi connectivity index (χ1v) is 2.38.